The van der Waals surface area contributed by atoms with Crippen molar-refractivity contribution in [1.29, 1.82) is 5.26 Å². The van der Waals surface area contributed by atoms with Crippen LogP contribution >= 0.6 is 15.9 Å². The van der Waals surface area contributed by atoms with Crippen molar-refractivity contribution in [2.24, 2.45) is 5.10 Å². The highest BCUT2D eigenvalue weighted by molar-refractivity contribution is 9.10. The number of hydrazone groups is 1. The zero-order valence-corrected chi connectivity index (χ0v) is 12.0. The molecule has 0 aliphatic carbocycles. The second kappa shape index (κ2) is 6.64. The van der Waals surface area contributed by atoms with Gasteiger partial charge >= 0.3 is 0 Å². The molecule has 0 saturated carbocycles. The Labute approximate surface area is 124 Å². The average Bonchev–Trinajstić information content (AvgIpc) is 2.48. The zero-order chi connectivity index (χ0) is 14.4. The number of nitriles is 1. The van der Waals surface area contributed by atoms with Crippen molar-refractivity contribution in [1.82, 2.24) is 5.43 Å². The van der Waals surface area contributed by atoms with Gasteiger partial charge in [-0.2, -0.15) is 10.4 Å². The van der Waals surface area contributed by atoms with Crippen LogP contribution < -0.4 is 5.43 Å². The maximum absolute atomic E-state index is 11.8. The predicted octanol–water partition coefficient (Wildman–Crippen LogP) is 3.08. The molecule has 2 aromatic carbocycles. The molecule has 1 amide bonds. The molecule has 0 bridgehead atoms. The summed E-state index contributed by atoms with van der Waals surface area (Å²) in [6.07, 6.45) is 1.53. The summed E-state index contributed by atoms with van der Waals surface area (Å²) < 4.78 is 0.912. The number of hydrogen-bond acceptors (Lipinski definition) is 3. The molecule has 0 fully saturated rings. The highest BCUT2D eigenvalue weighted by atomic mass is 79.9. The van der Waals surface area contributed by atoms with Crippen molar-refractivity contribution >= 4 is 28.1 Å². The van der Waals surface area contributed by atoms with Crippen LogP contribution in [0.25, 0.3) is 0 Å². The van der Waals surface area contributed by atoms with E-state index >= 15 is 0 Å². The highest BCUT2D eigenvalue weighted by Crippen LogP contribution is 2.10. The third-order valence-corrected chi connectivity index (χ3v) is 3.05. The number of hydrogen-bond donors (Lipinski definition) is 1. The van der Waals surface area contributed by atoms with Crippen molar-refractivity contribution in [3.63, 3.8) is 0 Å². The Morgan fingerprint density at radius 3 is 2.40 bits per heavy atom. The van der Waals surface area contributed by atoms with E-state index in [0.29, 0.717) is 11.1 Å². The third kappa shape index (κ3) is 3.77. The number of nitrogens with one attached hydrogen (secondary N) is 1. The predicted molar refractivity (Wildman–Crippen MR) is 80.4 cm³/mol. The van der Waals surface area contributed by atoms with Gasteiger partial charge in [0.2, 0.25) is 0 Å². The third-order valence-electron chi connectivity index (χ3n) is 2.53. The minimum Gasteiger partial charge on any atom is -0.267 e. The quantitative estimate of drug-likeness (QED) is 0.695. The lowest BCUT2D eigenvalue weighted by molar-refractivity contribution is 0.0955. The molecule has 98 valence electrons. The first-order valence-corrected chi connectivity index (χ1v) is 6.57. The van der Waals surface area contributed by atoms with E-state index in [0.717, 1.165) is 10.0 Å². The van der Waals surface area contributed by atoms with E-state index in [-0.39, 0.29) is 5.91 Å². The van der Waals surface area contributed by atoms with Crippen LogP contribution in [0.2, 0.25) is 0 Å². The van der Waals surface area contributed by atoms with E-state index < -0.39 is 0 Å². The minimum absolute atomic E-state index is 0.276. The number of rotatable bonds is 3. The monoisotopic (exact) mass is 327 g/mol. The van der Waals surface area contributed by atoms with E-state index in [1.165, 1.54) is 6.21 Å². The molecule has 0 aromatic heterocycles. The van der Waals surface area contributed by atoms with Crippen molar-refractivity contribution in [2.45, 2.75) is 0 Å². The van der Waals surface area contributed by atoms with E-state index in [1.807, 2.05) is 6.07 Å². The number of amides is 1. The Balaban J connectivity index is 1.97. The van der Waals surface area contributed by atoms with Crippen LogP contribution in [0.1, 0.15) is 21.5 Å². The summed E-state index contributed by atoms with van der Waals surface area (Å²) in [4.78, 5) is 11.8. The van der Waals surface area contributed by atoms with E-state index in [9.17, 15) is 4.79 Å². The van der Waals surface area contributed by atoms with Crippen LogP contribution in [-0.2, 0) is 0 Å². The molecule has 0 aliphatic rings. The summed E-state index contributed by atoms with van der Waals surface area (Å²) >= 11 is 3.31. The molecular formula is C15H10BrN3O. The second-order valence-electron chi connectivity index (χ2n) is 3.94. The van der Waals surface area contributed by atoms with Gasteiger partial charge in [-0.15, -0.1) is 0 Å². The van der Waals surface area contributed by atoms with Gasteiger partial charge in [0.05, 0.1) is 17.8 Å². The van der Waals surface area contributed by atoms with E-state index in [2.05, 4.69) is 26.5 Å². The summed E-state index contributed by atoms with van der Waals surface area (Å²) in [5.74, 6) is -0.276. The van der Waals surface area contributed by atoms with Gasteiger partial charge in [-0.05, 0) is 42.0 Å². The largest absolute Gasteiger partial charge is 0.271 e. The van der Waals surface area contributed by atoms with Gasteiger partial charge in [-0.1, -0.05) is 28.1 Å². The topological polar surface area (TPSA) is 65.2 Å². The lowest BCUT2D eigenvalue weighted by atomic mass is 10.2. The highest BCUT2D eigenvalue weighted by Gasteiger charge is 2.02. The molecule has 0 saturated heterocycles. The molecule has 5 heteroatoms. The molecule has 2 rings (SSSR count). The van der Waals surface area contributed by atoms with Gasteiger partial charge < -0.3 is 0 Å². The van der Waals surface area contributed by atoms with Crippen molar-refractivity contribution in [2.75, 3.05) is 0 Å². The zero-order valence-electron chi connectivity index (χ0n) is 10.4. The Morgan fingerprint density at radius 2 is 1.80 bits per heavy atom. The fourth-order valence-corrected chi connectivity index (χ4v) is 1.74. The number of benzene rings is 2. The van der Waals surface area contributed by atoms with Gasteiger partial charge in [0.25, 0.3) is 5.91 Å². The molecule has 0 aliphatic heterocycles. The normalized spacial score (nSPS) is 10.2. The maximum Gasteiger partial charge on any atom is 0.271 e. The summed E-state index contributed by atoms with van der Waals surface area (Å²) in [7, 11) is 0. The van der Waals surface area contributed by atoms with Crippen LogP contribution in [-0.4, -0.2) is 12.1 Å². The van der Waals surface area contributed by atoms with Gasteiger partial charge in [0, 0.05) is 10.0 Å². The average molecular weight is 328 g/mol. The Kier molecular flexibility index (Phi) is 4.64. The maximum atomic E-state index is 11.8. The number of carbonyl (C=O) groups is 1. The fraction of sp³-hybridized carbons (Fsp3) is 0. The molecule has 0 atom stereocenters. The molecule has 0 heterocycles. The number of carbonyl (C=O) groups excluding carboxylic acids is 1. The second-order valence-corrected chi connectivity index (χ2v) is 4.86. The molecule has 0 radical (unpaired) electrons. The first kappa shape index (κ1) is 14.0. The molecule has 20 heavy (non-hydrogen) atoms. The first-order chi connectivity index (χ1) is 9.69. The van der Waals surface area contributed by atoms with Crippen molar-refractivity contribution in [3.8, 4) is 6.07 Å². The molecule has 4 nitrogen and oxygen atoms in total. The lowest BCUT2D eigenvalue weighted by Crippen LogP contribution is -2.17. The van der Waals surface area contributed by atoms with Crippen LogP contribution in [0.4, 0.5) is 0 Å². The summed E-state index contributed by atoms with van der Waals surface area (Å²) in [5.41, 5.74) is 4.37. The SMILES string of the molecule is N#Cc1ccc(/C=N/NC(=O)c2ccc(Br)cc2)cc1. The van der Waals surface area contributed by atoms with Crippen LogP contribution in [0.3, 0.4) is 0 Å². The van der Waals surface area contributed by atoms with Gasteiger partial charge in [-0.3, -0.25) is 4.79 Å². The summed E-state index contributed by atoms with van der Waals surface area (Å²) in [6, 6.07) is 15.9. The van der Waals surface area contributed by atoms with E-state index in [4.69, 9.17) is 5.26 Å². The smallest absolute Gasteiger partial charge is 0.267 e. The molecule has 2 aromatic rings. The number of nitrogens with zero attached hydrogens (tertiary/aromatic N) is 2. The standard InChI is InChI=1S/C15H10BrN3O/c16-14-7-5-13(6-8-14)15(20)19-18-10-12-3-1-11(9-17)2-4-12/h1-8,10H,(H,19,20)/b18-10+. The lowest BCUT2D eigenvalue weighted by Gasteiger charge is -1.99. The fourth-order valence-electron chi connectivity index (χ4n) is 1.47. The Bertz CT molecular complexity index is 670. The van der Waals surface area contributed by atoms with Gasteiger partial charge in [0.15, 0.2) is 0 Å². The van der Waals surface area contributed by atoms with Crippen molar-refractivity contribution < 1.29 is 4.79 Å². The van der Waals surface area contributed by atoms with Gasteiger partial charge in [0.1, 0.15) is 0 Å². The van der Waals surface area contributed by atoms with Crippen LogP contribution in [0.15, 0.2) is 58.1 Å². The van der Waals surface area contributed by atoms with Crippen molar-refractivity contribution in [3.05, 3.63) is 69.7 Å². The molecule has 0 unspecified atom stereocenters. The molecule has 0 spiro atoms. The van der Waals surface area contributed by atoms with Gasteiger partial charge in [-0.25, -0.2) is 5.43 Å². The minimum atomic E-state index is -0.276. The Hall–Kier alpha value is -2.45. The summed E-state index contributed by atoms with van der Waals surface area (Å²) in [5, 5.41) is 12.6. The van der Waals surface area contributed by atoms with Crippen LogP contribution in [0.5, 0.6) is 0 Å². The number of halogens is 1. The first-order valence-electron chi connectivity index (χ1n) is 5.78. The summed E-state index contributed by atoms with van der Waals surface area (Å²) in [6.45, 7) is 0. The molecule has 1 N–H and O–H groups in total. The van der Waals surface area contributed by atoms with E-state index in [1.54, 1.807) is 48.5 Å². The van der Waals surface area contributed by atoms with Crippen LogP contribution in [0, 0.1) is 11.3 Å². The Morgan fingerprint density at radius 1 is 1.15 bits per heavy atom. The molecular weight excluding hydrogens is 318 g/mol.